The molecule has 1 saturated heterocycles. The highest BCUT2D eigenvalue weighted by molar-refractivity contribution is 5.35. The van der Waals surface area contributed by atoms with E-state index < -0.39 is 0 Å². The molecule has 1 N–H and O–H groups in total. The van der Waals surface area contributed by atoms with Crippen LogP contribution in [-0.2, 0) is 6.42 Å². The van der Waals surface area contributed by atoms with Crippen LogP contribution >= 0.6 is 0 Å². The van der Waals surface area contributed by atoms with E-state index in [-0.39, 0.29) is 5.54 Å². The fourth-order valence-electron chi connectivity index (χ4n) is 2.48. The Labute approximate surface area is 98.0 Å². The number of methoxy groups -OCH3 is 1. The number of benzene rings is 1. The summed E-state index contributed by atoms with van der Waals surface area (Å²) in [7, 11) is 1.75. The molecule has 0 bridgehead atoms. The zero-order chi connectivity index (χ0) is 11.6. The molecule has 2 heteroatoms. The average molecular weight is 219 g/mol. The standard InChI is InChI=1S/C14H21NO/c1-11(2)14(8-9-15-14)10-12-6-4-5-7-13(12)16-3/h4-7,11,15H,8-10H2,1-3H3. The van der Waals surface area contributed by atoms with Gasteiger partial charge in [-0.25, -0.2) is 0 Å². The predicted octanol–water partition coefficient (Wildman–Crippen LogP) is 2.63. The number of hydrogen-bond donors (Lipinski definition) is 1. The van der Waals surface area contributed by atoms with Crippen LogP contribution in [0.4, 0.5) is 0 Å². The van der Waals surface area contributed by atoms with Gasteiger partial charge in [-0.05, 0) is 36.9 Å². The molecule has 1 aromatic carbocycles. The molecule has 88 valence electrons. The molecule has 1 fully saturated rings. The van der Waals surface area contributed by atoms with Gasteiger partial charge in [-0.3, -0.25) is 0 Å². The maximum Gasteiger partial charge on any atom is 0.122 e. The Morgan fingerprint density at radius 2 is 2.06 bits per heavy atom. The van der Waals surface area contributed by atoms with Crippen LogP contribution in [0, 0.1) is 5.92 Å². The molecule has 0 radical (unpaired) electrons. The predicted molar refractivity (Wildman–Crippen MR) is 66.9 cm³/mol. The molecule has 1 aromatic rings. The summed E-state index contributed by atoms with van der Waals surface area (Å²) in [6, 6.07) is 8.33. The van der Waals surface area contributed by atoms with Crippen molar-refractivity contribution >= 4 is 0 Å². The van der Waals surface area contributed by atoms with Crippen LogP contribution < -0.4 is 10.1 Å². The van der Waals surface area contributed by atoms with Crippen LogP contribution in [0.5, 0.6) is 5.75 Å². The van der Waals surface area contributed by atoms with E-state index in [1.807, 2.05) is 12.1 Å². The first-order valence-electron chi connectivity index (χ1n) is 6.05. The summed E-state index contributed by atoms with van der Waals surface area (Å²) in [5.74, 6) is 1.67. The van der Waals surface area contributed by atoms with Gasteiger partial charge < -0.3 is 10.1 Å². The van der Waals surface area contributed by atoms with Gasteiger partial charge in [-0.2, -0.15) is 0 Å². The van der Waals surface area contributed by atoms with Crippen LogP contribution in [0.25, 0.3) is 0 Å². The van der Waals surface area contributed by atoms with Crippen molar-refractivity contribution in [1.29, 1.82) is 0 Å². The van der Waals surface area contributed by atoms with E-state index >= 15 is 0 Å². The highest BCUT2D eigenvalue weighted by atomic mass is 16.5. The Balaban J connectivity index is 2.19. The molecule has 1 aliphatic heterocycles. The summed E-state index contributed by atoms with van der Waals surface area (Å²) in [6.07, 6.45) is 2.33. The van der Waals surface area contributed by atoms with E-state index in [4.69, 9.17) is 4.74 Å². The highest BCUT2D eigenvalue weighted by Crippen LogP contribution is 2.34. The van der Waals surface area contributed by atoms with E-state index in [9.17, 15) is 0 Å². The summed E-state index contributed by atoms with van der Waals surface area (Å²) < 4.78 is 5.41. The van der Waals surface area contributed by atoms with Gasteiger partial charge in [0.1, 0.15) is 5.75 Å². The summed E-state index contributed by atoms with van der Waals surface area (Å²) in [5, 5.41) is 3.60. The minimum Gasteiger partial charge on any atom is -0.496 e. The summed E-state index contributed by atoms with van der Waals surface area (Å²) in [4.78, 5) is 0. The van der Waals surface area contributed by atoms with Gasteiger partial charge in [0, 0.05) is 5.54 Å². The minimum absolute atomic E-state index is 0.286. The van der Waals surface area contributed by atoms with Crippen molar-refractivity contribution in [2.75, 3.05) is 13.7 Å². The van der Waals surface area contributed by atoms with E-state index in [0.717, 1.165) is 18.7 Å². The third-order valence-corrected chi connectivity index (χ3v) is 3.85. The van der Waals surface area contributed by atoms with Crippen LogP contribution in [0.2, 0.25) is 0 Å². The quantitative estimate of drug-likeness (QED) is 0.840. The molecule has 0 aromatic heterocycles. The zero-order valence-electron chi connectivity index (χ0n) is 10.4. The Morgan fingerprint density at radius 3 is 2.56 bits per heavy atom. The summed E-state index contributed by atoms with van der Waals surface area (Å²) in [5.41, 5.74) is 1.60. The van der Waals surface area contributed by atoms with Crippen LogP contribution in [0.1, 0.15) is 25.8 Å². The molecular formula is C14H21NO. The first kappa shape index (κ1) is 11.5. The van der Waals surface area contributed by atoms with Crippen LogP contribution in [0.3, 0.4) is 0 Å². The molecule has 16 heavy (non-hydrogen) atoms. The first-order chi connectivity index (χ1) is 7.68. The lowest BCUT2D eigenvalue weighted by atomic mass is 9.73. The highest BCUT2D eigenvalue weighted by Gasteiger charge is 2.39. The number of ether oxygens (including phenoxy) is 1. The van der Waals surface area contributed by atoms with Crippen molar-refractivity contribution < 1.29 is 4.74 Å². The lowest BCUT2D eigenvalue weighted by Crippen LogP contribution is -2.61. The SMILES string of the molecule is COc1ccccc1CC1(C(C)C)CCN1. The Hall–Kier alpha value is -1.02. The molecule has 1 heterocycles. The number of nitrogens with one attached hydrogen (secondary N) is 1. The second-order valence-electron chi connectivity index (χ2n) is 4.98. The van der Waals surface area contributed by atoms with Crippen LogP contribution in [-0.4, -0.2) is 19.2 Å². The van der Waals surface area contributed by atoms with Crippen molar-refractivity contribution in [2.45, 2.75) is 32.2 Å². The molecule has 1 unspecified atom stereocenters. The minimum atomic E-state index is 0.286. The molecule has 1 atom stereocenters. The lowest BCUT2D eigenvalue weighted by molar-refractivity contribution is 0.138. The fourth-order valence-corrected chi connectivity index (χ4v) is 2.48. The Kier molecular flexibility index (Phi) is 3.20. The van der Waals surface area contributed by atoms with E-state index in [2.05, 4.69) is 31.3 Å². The Bertz CT molecular complexity index is 356. The first-order valence-corrected chi connectivity index (χ1v) is 6.05. The lowest BCUT2D eigenvalue weighted by Gasteiger charge is -2.47. The molecule has 2 rings (SSSR count). The van der Waals surface area contributed by atoms with E-state index in [1.54, 1.807) is 7.11 Å². The van der Waals surface area contributed by atoms with E-state index in [0.29, 0.717) is 5.92 Å². The third kappa shape index (κ3) is 1.94. The van der Waals surface area contributed by atoms with Gasteiger partial charge in [0.15, 0.2) is 0 Å². The molecule has 2 nitrogen and oxygen atoms in total. The maximum atomic E-state index is 5.41. The smallest absolute Gasteiger partial charge is 0.122 e. The Morgan fingerprint density at radius 1 is 1.38 bits per heavy atom. The van der Waals surface area contributed by atoms with Gasteiger partial charge in [-0.1, -0.05) is 32.0 Å². The molecular weight excluding hydrogens is 198 g/mol. The molecule has 0 spiro atoms. The normalized spacial score (nSPS) is 24.2. The third-order valence-electron chi connectivity index (χ3n) is 3.85. The number of hydrogen-bond acceptors (Lipinski definition) is 2. The maximum absolute atomic E-state index is 5.41. The summed E-state index contributed by atoms with van der Waals surface area (Å²) >= 11 is 0. The second-order valence-corrected chi connectivity index (χ2v) is 4.98. The van der Waals surface area contributed by atoms with Crippen molar-refractivity contribution in [1.82, 2.24) is 5.32 Å². The average Bonchev–Trinajstić information content (AvgIpc) is 2.23. The molecule has 0 saturated carbocycles. The van der Waals surface area contributed by atoms with E-state index in [1.165, 1.54) is 12.0 Å². The monoisotopic (exact) mass is 219 g/mol. The largest absolute Gasteiger partial charge is 0.496 e. The van der Waals surface area contributed by atoms with Crippen molar-refractivity contribution in [3.8, 4) is 5.75 Å². The van der Waals surface area contributed by atoms with Gasteiger partial charge >= 0.3 is 0 Å². The van der Waals surface area contributed by atoms with Gasteiger partial charge in [0.25, 0.3) is 0 Å². The fraction of sp³-hybridized carbons (Fsp3) is 0.571. The zero-order valence-corrected chi connectivity index (χ0v) is 10.4. The van der Waals surface area contributed by atoms with Crippen molar-refractivity contribution in [3.63, 3.8) is 0 Å². The van der Waals surface area contributed by atoms with Gasteiger partial charge in [0.05, 0.1) is 7.11 Å². The van der Waals surface area contributed by atoms with Crippen molar-refractivity contribution in [2.24, 2.45) is 5.92 Å². The van der Waals surface area contributed by atoms with Gasteiger partial charge in [-0.15, -0.1) is 0 Å². The topological polar surface area (TPSA) is 21.3 Å². The number of para-hydroxylation sites is 1. The molecule has 1 aliphatic rings. The van der Waals surface area contributed by atoms with Crippen molar-refractivity contribution in [3.05, 3.63) is 29.8 Å². The molecule has 0 amide bonds. The summed E-state index contributed by atoms with van der Waals surface area (Å²) in [6.45, 7) is 5.73. The second kappa shape index (κ2) is 4.46. The molecule has 0 aliphatic carbocycles. The van der Waals surface area contributed by atoms with Gasteiger partial charge in [0.2, 0.25) is 0 Å². The number of rotatable bonds is 4. The van der Waals surface area contributed by atoms with Crippen LogP contribution in [0.15, 0.2) is 24.3 Å².